The highest BCUT2D eigenvalue weighted by atomic mass is 32.1. The summed E-state index contributed by atoms with van der Waals surface area (Å²) in [6.07, 6.45) is 1.03. The van der Waals surface area contributed by atoms with Crippen LogP contribution in [0.1, 0.15) is 29.7 Å². The first-order chi connectivity index (χ1) is 10.3. The molecule has 0 spiro atoms. The highest BCUT2D eigenvalue weighted by Crippen LogP contribution is 2.30. The molecule has 0 bridgehead atoms. The lowest BCUT2D eigenvalue weighted by atomic mass is 9.97. The predicted octanol–water partition coefficient (Wildman–Crippen LogP) is 5.10. The van der Waals surface area contributed by atoms with Crippen molar-refractivity contribution in [2.75, 3.05) is 6.54 Å². The van der Waals surface area contributed by atoms with Gasteiger partial charge in [-0.2, -0.15) is 0 Å². The standard InChI is InChI=1S/C19H21NS/c1-3-20-18(13-15-7-4-6-14(2)12-15)17-9-5-8-16-10-11-21-19(16)17/h4-12,18,20H,3,13H2,1-2H3. The van der Waals surface area contributed by atoms with E-state index in [2.05, 4.69) is 73.1 Å². The van der Waals surface area contributed by atoms with Gasteiger partial charge in [-0.15, -0.1) is 11.3 Å². The van der Waals surface area contributed by atoms with Crippen molar-refractivity contribution in [3.05, 3.63) is 70.6 Å². The first kappa shape index (κ1) is 14.3. The quantitative estimate of drug-likeness (QED) is 0.690. The van der Waals surface area contributed by atoms with E-state index < -0.39 is 0 Å². The average molecular weight is 295 g/mol. The van der Waals surface area contributed by atoms with Crippen LogP contribution in [0, 0.1) is 6.92 Å². The molecule has 0 aliphatic carbocycles. The number of benzene rings is 2. The van der Waals surface area contributed by atoms with E-state index in [1.807, 2.05) is 11.3 Å². The molecule has 108 valence electrons. The summed E-state index contributed by atoms with van der Waals surface area (Å²) < 4.78 is 1.41. The second kappa shape index (κ2) is 6.42. The smallest absolute Gasteiger partial charge is 0.0390 e. The first-order valence-corrected chi connectivity index (χ1v) is 8.41. The van der Waals surface area contributed by atoms with Gasteiger partial charge < -0.3 is 5.32 Å². The summed E-state index contributed by atoms with van der Waals surface area (Å²) in [7, 11) is 0. The van der Waals surface area contributed by atoms with E-state index in [9.17, 15) is 0 Å². The third-order valence-corrected chi connectivity index (χ3v) is 4.84. The Labute approximate surface area is 130 Å². The minimum Gasteiger partial charge on any atom is -0.310 e. The van der Waals surface area contributed by atoms with Crippen LogP contribution in [0.15, 0.2) is 53.9 Å². The SMILES string of the molecule is CCNC(Cc1cccc(C)c1)c1cccc2ccsc12. The largest absolute Gasteiger partial charge is 0.310 e. The number of thiophene rings is 1. The molecule has 1 atom stereocenters. The molecule has 1 nitrogen and oxygen atoms in total. The lowest BCUT2D eigenvalue weighted by Gasteiger charge is -2.19. The van der Waals surface area contributed by atoms with Crippen LogP contribution in [0.25, 0.3) is 10.1 Å². The fraction of sp³-hybridized carbons (Fsp3) is 0.263. The summed E-state index contributed by atoms with van der Waals surface area (Å²) in [4.78, 5) is 0. The number of likely N-dealkylation sites (N-methyl/N-ethyl adjacent to an activating group) is 1. The van der Waals surface area contributed by atoms with E-state index in [1.54, 1.807) is 0 Å². The summed E-state index contributed by atoms with van der Waals surface area (Å²) in [6, 6.07) is 18.0. The Kier molecular flexibility index (Phi) is 4.37. The predicted molar refractivity (Wildman–Crippen MR) is 93.1 cm³/mol. The molecule has 0 aliphatic rings. The number of hydrogen-bond acceptors (Lipinski definition) is 2. The second-order valence-electron chi connectivity index (χ2n) is 5.49. The topological polar surface area (TPSA) is 12.0 Å². The Bertz CT molecular complexity index is 729. The molecule has 3 rings (SSSR count). The molecule has 1 aromatic heterocycles. The van der Waals surface area contributed by atoms with Crippen molar-refractivity contribution < 1.29 is 0 Å². The maximum absolute atomic E-state index is 3.66. The second-order valence-corrected chi connectivity index (χ2v) is 6.41. The fourth-order valence-corrected chi connectivity index (χ4v) is 3.87. The van der Waals surface area contributed by atoms with Gasteiger partial charge in [0.2, 0.25) is 0 Å². The van der Waals surface area contributed by atoms with E-state index in [0.29, 0.717) is 6.04 Å². The Hall–Kier alpha value is -1.64. The van der Waals surface area contributed by atoms with E-state index >= 15 is 0 Å². The fourth-order valence-electron chi connectivity index (χ4n) is 2.90. The number of rotatable bonds is 5. The first-order valence-electron chi connectivity index (χ1n) is 7.53. The third-order valence-electron chi connectivity index (χ3n) is 3.86. The Morgan fingerprint density at radius 1 is 1.10 bits per heavy atom. The molecule has 0 amide bonds. The highest BCUT2D eigenvalue weighted by molar-refractivity contribution is 7.17. The van der Waals surface area contributed by atoms with Gasteiger partial charge in [-0.1, -0.05) is 55.0 Å². The van der Waals surface area contributed by atoms with Crippen LogP contribution < -0.4 is 5.32 Å². The molecule has 1 heterocycles. The summed E-state index contributed by atoms with van der Waals surface area (Å²) in [5.74, 6) is 0. The molecule has 2 heteroatoms. The molecule has 0 saturated carbocycles. The molecular formula is C19H21NS. The summed E-state index contributed by atoms with van der Waals surface area (Å²) in [5, 5.41) is 7.19. The van der Waals surface area contributed by atoms with Crippen LogP contribution in [0.5, 0.6) is 0 Å². The van der Waals surface area contributed by atoms with Crippen molar-refractivity contribution >= 4 is 21.4 Å². The van der Waals surface area contributed by atoms with E-state index in [-0.39, 0.29) is 0 Å². The average Bonchev–Trinajstić information content (AvgIpc) is 2.95. The minimum atomic E-state index is 0.374. The zero-order valence-corrected chi connectivity index (χ0v) is 13.4. The third kappa shape index (κ3) is 3.17. The molecule has 3 aromatic rings. The molecule has 21 heavy (non-hydrogen) atoms. The van der Waals surface area contributed by atoms with Gasteiger partial charge in [0.25, 0.3) is 0 Å². The maximum atomic E-state index is 3.66. The lowest BCUT2D eigenvalue weighted by molar-refractivity contribution is 0.553. The van der Waals surface area contributed by atoms with Gasteiger partial charge in [-0.3, -0.25) is 0 Å². The number of nitrogens with one attached hydrogen (secondary N) is 1. The monoisotopic (exact) mass is 295 g/mol. The molecule has 2 aromatic carbocycles. The summed E-state index contributed by atoms with van der Waals surface area (Å²) in [6.45, 7) is 5.32. The van der Waals surface area contributed by atoms with Crippen LogP contribution in [0.2, 0.25) is 0 Å². The van der Waals surface area contributed by atoms with Gasteiger partial charge in [-0.25, -0.2) is 0 Å². The highest BCUT2D eigenvalue weighted by Gasteiger charge is 2.14. The minimum absolute atomic E-state index is 0.374. The zero-order chi connectivity index (χ0) is 14.7. The van der Waals surface area contributed by atoms with E-state index in [1.165, 1.54) is 26.8 Å². The van der Waals surface area contributed by atoms with Gasteiger partial charge in [0.05, 0.1) is 0 Å². The molecule has 0 radical (unpaired) electrons. The molecular weight excluding hydrogens is 274 g/mol. The van der Waals surface area contributed by atoms with Crippen LogP contribution >= 0.6 is 11.3 Å². The zero-order valence-electron chi connectivity index (χ0n) is 12.6. The molecule has 1 N–H and O–H groups in total. The van der Waals surface area contributed by atoms with Gasteiger partial charge in [-0.05, 0) is 47.8 Å². The van der Waals surface area contributed by atoms with Crippen molar-refractivity contribution in [1.29, 1.82) is 0 Å². The Morgan fingerprint density at radius 2 is 1.95 bits per heavy atom. The van der Waals surface area contributed by atoms with E-state index in [0.717, 1.165) is 13.0 Å². The van der Waals surface area contributed by atoms with Crippen LogP contribution in [0.4, 0.5) is 0 Å². The number of hydrogen-bond donors (Lipinski definition) is 1. The van der Waals surface area contributed by atoms with Crippen LogP contribution in [-0.4, -0.2) is 6.54 Å². The normalized spacial score (nSPS) is 12.7. The molecule has 0 aliphatic heterocycles. The summed E-state index contributed by atoms with van der Waals surface area (Å²) >= 11 is 1.84. The maximum Gasteiger partial charge on any atom is 0.0390 e. The van der Waals surface area contributed by atoms with Gasteiger partial charge in [0.1, 0.15) is 0 Å². The molecule has 0 saturated heterocycles. The van der Waals surface area contributed by atoms with Crippen molar-refractivity contribution in [1.82, 2.24) is 5.32 Å². The Balaban J connectivity index is 1.96. The number of fused-ring (bicyclic) bond motifs is 1. The molecule has 0 fully saturated rings. The van der Waals surface area contributed by atoms with Gasteiger partial charge in [0, 0.05) is 10.7 Å². The van der Waals surface area contributed by atoms with E-state index in [4.69, 9.17) is 0 Å². The van der Waals surface area contributed by atoms with Crippen molar-refractivity contribution in [2.24, 2.45) is 0 Å². The van der Waals surface area contributed by atoms with Crippen molar-refractivity contribution in [3.63, 3.8) is 0 Å². The lowest BCUT2D eigenvalue weighted by Crippen LogP contribution is -2.23. The molecule has 1 unspecified atom stereocenters. The van der Waals surface area contributed by atoms with Gasteiger partial charge >= 0.3 is 0 Å². The van der Waals surface area contributed by atoms with Crippen LogP contribution in [0.3, 0.4) is 0 Å². The van der Waals surface area contributed by atoms with Crippen molar-refractivity contribution in [3.8, 4) is 0 Å². The Morgan fingerprint density at radius 3 is 2.76 bits per heavy atom. The van der Waals surface area contributed by atoms with Crippen LogP contribution in [-0.2, 0) is 6.42 Å². The van der Waals surface area contributed by atoms with Crippen molar-refractivity contribution in [2.45, 2.75) is 26.3 Å². The summed E-state index contributed by atoms with van der Waals surface area (Å²) in [5.41, 5.74) is 4.15. The van der Waals surface area contributed by atoms with Gasteiger partial charge in [0.15, 0.2) is 0 Å². The number of aryl methyl sites for hydroxylation is 1.